The first-order valence-corrected chi connectivity index (χ1v) is 9.48. The van der Waals surface area contributed by atoms with Crippen molar-refractivity contribution in [2.75, 3.05) is 42.7 Å². The van der Waals surface area contributed by atoms with Crippen LogP contribution in [0.5, 0.6) is 0 Å². The lowest BCUT2D eigenvalue weighted by atomic mass is 10.3. The van der Waals surface area contributed by atoms with Crippen LogP contribution in [0, 0.1) is 0 Å². The number of rotatable bonds is 5. The molecule has 0 bridgehead atoms. The number of sulfone groups is 1. The van der Waals surface area contributed by atoms with E-state index in [1.165, 1.54) is 6.26 Å². The van der Waals surface area contributed by atoms with Gasteiger partial charge >= 0.3 is 0 Å². The van der Waals surface area contributed by atoms with Crippen molar-refractivity contribution in [2.24, 2.45) is 0 Å². The van der Waals surface area contributed by atoms with Crippen molar-refractivity contribution in [3.63, 3.8) is 0 Å². The van der Waals surface area contributed by atoms with Crippen LogP contribution < -0.4 is 5.32 Å². The highest BCUT2D eigenvalue weighted by Gasteiger charge is 2.30. The van der Waals surface area contributed by atoms with Crippen molar-refractivity contribution in [1.82, 2.24) is 4.90 Å². The van der Waals surface area contributed by atoms with Gasteiger partial charge in [-0.15, -0.1) is 0 Å². The molecule has 1 fully saturated rings. The van der Waals surface area contributed by atoms with Crippen molar-refractivity contribution < 1.29 is 8.42 Å². The molecule has 0 amide bonds. The Hall–Kier alpha value is -0.720. The first kappa shape index (κ1) is 14.7. The molecule has 19 heavy (non-hydrogen) atoms. The van der Waals surface area contributed by atoms with Crippen molar-refractivity contribution in [2.45, 2.75) is 5.37 Å². The molecule has 1 unspecified atom stereocenters. The number of thioether (sulfide) groups is 1. The van der Waals surface area contributed by atoms with E-state index in [0.29, 0.717) is 5.75 Å². The maximum atomic E-state index is 11.8. The van der Waals surface area contributed by atoms with Gasteiger partial charge in [0.15, 0.2) is 9.84 Å². The average Bonchev–Trinajstić information content (AvgIpc) is 2.39. The van der Waals surface area contributed by atoms with E-state index in [-0.39, 0.29) is 5.37 Å². The Morgan fingerprint density at radius 3 is 2.79 bits per heavy atom. The van der Waals surface area contributed by atoms with Gasteiger partial charge in [-0.05, 0) is 12.1 Å². The monoisotopic (exact) mass is 300 g/mol. The van der Waals surface area contributed by atoms with Crippen LogP contribution in [0.3, 0.4) is 0 Å². The maximum Gasteiger partial charge on any atom is 0.164 e. The molecule has 4 nitrogen and oxygen atoms in total. The zero-order valence-corrected chi connectivity index (χ0v) is 12.7. The fraction of sp³-hybridized carbons (Fsp3) is 0.538. The molecule has 1 aliphatic heterocycles. The van der Waals surface area contributed by atoms with Gasteiger partial charge < -0.3 is 5.32 Å². The van der Waals surface area contributed by atoms with E-state index < -0.39 is 9.84 Å². The molecule has 0 aliphatic carbocycles. The molecule has 1 aromatic carbocycles. The summed E-state index contributed by atoms with van der Waals surface area (Å²) >= 11 is 1.72. The zero-order valence-electron chi connectivity index (χ0n) is 11.1. The summed E-state index contributed by atoms with van der Waals surface area (Å²) in [5.41, 5.74) is 1.07. The second-order valence-corrected chi connectivity index (χ2v) is 8.04. The predicted octanol–water partition coefficient (Wildman–Crippen LogP) is 1.52. The van der Waals surface area contributed by atoms with Crippen molar-refractivity contribution in [3.05, 3.63) is 30.3 Å². The van der Waals surface area contributed by atoms with Crippen LogP contribution in [0.2, 0.25) is 0 Å². The minimum atomic E-state index is -2.99. The minimum absolute atomic E-state index is 0.330. The molecular weight excluding hydrogens is 280 g/mol. The molecule has 2 rings (SSSR count). The Kier molecular flexibility index (Phi) is 5.13. The SMILES string of the molecule is CS(=O)(=O)C1CSCCN1CCNc1ccccc1. The van der Waals surface area contributed by atoms with Crippen LogP contribution in [0.15, 0.2) is 30.3 Å². The van der Waals surface area contributed by atoms with Gasteiger partial charge in [-0.1, -0.05) is 18.2 Å². The van der Waals surface area contributed by atoms with Crippen LogP contribution in [0.25, 0.3) is 0 Å². The van der Waals surface area contributed by atoms with Gasteiger partial charge in [-0.2, -0.15) is 11.8 Å². The van der Waals surface area contributed by atoms with E-state index in [9.17, 15) is 8.42 Å². The standard InChI is InChI=1S/C13H20N2O2S2/c1-19(16,17)13-11-18-10-9-15(13)8-7-14-12-5-3-2-4-6-12/h2-6,13-14H,7-11H2,1H3. The van der Waals surface area contributed by atoms with Crippen molar-refractivity contribution in [3.8, 4) is 0 Å². The fourth-order valence-electron chi connectivity index (χ4n) is 2.17. The van der Waals surface area contributed by atoms with Crippen molar-refractivity contribution >= 4 is 27.3 Å². The Morgan fingerprint density at radius 2 is 2.11 bits per heavy atom. The van der Waals surface area contributed by atoms with Crippen LogP contribution in [0.1, 0.15) is 0 Å². The molecule has 1 aromatic rings. The molecule has 106 valence electrons. The number of nitrogens with one attached hydrogen (secondary N) is 1. The predicted molar refractivity (Wildman–Crippen MR) is 82.5 cm³/mol. The maximum absolute atomic E-state index is 11.8. The molecule has 0 aromatic heterocycles. The van der Waals surface area contributed by atoms with Crippen LogP contribution in [0.4, 0.5) is 5.69 Å². The Labute approximate surface area is 119 Å². The normalized spacial score (nSPS) is 21.2. The van der Waals surface area contributed by atoms with E-state index in [1.807, 2.05) is 30.3 Å². The van der Waals surface area contributed by atoms with Crippen LogP contribution >= 0.6 is 11.8 Å². The van der Waals surface area contributed by atoms with E-state index >= 15 is 0 Å². The summed E-state index contributed by atoms with van der Waals surface area (Å²) in [7, 11) is -2.99. The molecule has 1 aliphatic rings. The topological polar surface area (TPSA) is 49.4 Å². The molecule has 1 heterocycles. The summed E-state index contributed by atoms with van der Waals surface area (Å²) < 4.78 is 23.5. The number of para-hydroxylation sites is 1. The summed E-state index contributed by atoms with van der Waals surface area (Å²) in [6.07, 6.45) is 1.33. The van der Waals surface area contributed by atoms with Gasteiger partial charge in [0, 0.05) is 43.1 Å². The van der Waals surface area contributed by atoms with Gasteiger partial charge in [-0.3, -0.25) is 4.90 Å². The Morgan fingerprint density at radius 1 is 1.37 bits per heavy atom. The van der Waals surface area contributed by atoms with E-state index in [0.717, 1.165) is 31.1 Å². The lowest BCUT2D eigenvalue weighted by molar-refractivity contribution is 0.281. The quantitative estimate of drug-likeness (QED) is 0.893. The number of benzene rings is 1. The smallest absolute Gasteiger partial charge is 0.164 e. The van der Waals surface area contributed by atoms with E-state index in [4.69, 9.17) is 0 Å². The first-order valence-electron chi connectivity index (χ1n) is 6.37. The Bertz CT molecular complexity index is 491. The number of hydrogen-bond donors (Lipinski definition) is 1. The lowest BCUT2D eigenvalue weighted by Gasteiger charge is -2.34. The molecule has 0 radical (unpaired) electrons. The molecule has 1 saturated heterocycles. The molecule has 1 atom stereocenters. The highest BCUT2D eigenvalue weighted by atomic mass is 32.2. The number of anilines is 1. The zero-order chi connectivity index (χ0) is 13.7. The molecule has 6 heteroatoms. The van der Waals surface area contributed by atoms with E-state index in [1.54, 1.807) is 11.8 Å². The lowest BCUT2D eigenvalue weighted by Crippen LogP contribution is -2.48. The summed E-state index contributed by atoms with van der Waals surface area (Å²) in [5.74, 6) is 1.70. The number of hydrogen-bond acceptors (Lipinski definition) is 5. The summed E-state index contributed by atoms with van der Waals surface area (Å²) in [4.78, 5) is 2.07. The largest absolute Gasteiger partial charge is 0.384 e. The second kappa shape index (κ2) is 6.63. The third-order valence-electron chi connectivity index (χ3n) is 3.19. The van der Waals surface area contributed by atoms with Gasteiger partial charge in [0.2, 0.25) is 0 Å². The average molecular weight is 300 g/mol. The highest BCUT2D eigenvalue weighted by molar-refractivity contribution is 8.00. The summed E-state index contributed by atoms with van der Waals surface area (Å²) in [6.45, 7) is 2.37. The minimum Gasteiger partial charge on any atom is -0.384 e. The highest BCUT2D eigenvalue weighted by Crippen LogP contribution is 2.19. The molecule has 1 N–H and O–H groups in total. The molecule has 0 saturated carbocycles. The summed E-state index contributed by atoms with van der Waals surface area (Å²) in [5, 5.41) is 2.99. The fourth-order valence-corrected chi connectivity index (χ4v) is 5.14. The van der Waals surface area contributed by atoms with Gasteiger partial charge in [0.05, 0.1) is 0 Å². The third-order valence-corrected chi connectivity index (χ3v) is 5.87. The van der Waals surface area contributed by atoms with Crippen LogP contribution in [-0.2, 0) is 9.84 Å². The van der Waals surface area contributed by atoms with Gasteiger partial charge in [0.25, 0.3) is 0 Å². The Balaban J connectivity index is 1.87. The number of nitrogens with zero attached hydrogens (tertiary/aromatic N) is 1. The van der Waals surface area contributed by atoms with Gasteiger partial charge in [-0.25, -0.2) is 8.42 Å². The van der Waals surface area contributed by atoms with Crippen molar-refractivity contribution in [1.29, 1.82) is 0 Å². The molecule has 0 spiro atoms. The third kappa shape index (κ3) is 4.40. The molecular formula is C13H20N2O2S2. The second-order valence-electron chi connectivity index (χ2n) is 4.69. The van der Waals surface area contributed by atoms with Gasteiger partial charge in [0.1, 0.15) is 5.37 Å². The van der Waals surface area contributed by atoms with E-state index in [2.05, 4.69) is 10.2 Å². The first-order chi connectivity index (χ1) is 9.07. The summed E-state index contributed by atoms with van der Waals surface area (Å²) in [6, 6.07) is 9.98. The van der Waals surface area contributed by atoms with Crippen LogP contribution in [-0.4, -0.2) is 56.1 Å².